The van der Waals surface area contributed by atoms with Crippen molar-refractivity contribution < 1.29 is 24.2 Å². The summed E-state index contributed by atoms with van der Waals surface area (Å²) >= 11 is 0. The molecule has 1 amide bonds. The zero-order valence-electron chi connectivity index (χ0n) is 21.7. The summed E-state index contributed by atoms with van der Waals surface area (Å²) in [4.78, 5) is 32.1. The van der Waals surface area contributed by atoms with Gasteiger partial charge < -0.3 is 19.5 Å². The number of ether oxygens (including phenoxy) is 2. The van der Waals surface area contributed by atoms with Gasteiger partial charge in [0, 0.05) is 24.5 Å². The molecule has 1 saturated heterocycles. The van der Waals surface area contributed by atoms with Crippen LogP contribution in [0.15, 0.2) is 103 Å². The van der Waals surface area contributed by atoms with Crippen molar-refractivity contribution in [1.29, 1.82) is 0 Å². The van der Waals surface area contributed by atoms with E-state index in [-0.39, 0.29) is 17.9 Å². The minimum absolute atomic E-state index is 0.0238. The number of aromatic nitrogens is 1. The fourth-order valence-corrected chi connectivity index (χ4v) is 4.72. The van der Waals surface area contributed by atoms with Gasteiger partial charge in [-0.05, 0) is 72.1 Å². The zero-order chi connectivity index (χ0) is 27.4. The van der Waals surface area contributed by atoms with Crippen molar-refractivity contribution in [2.75, 3.05) is 7.11 Å². The highest BCUT2D eigenvalue weighted by Crippen LogP contribution is 2.41. The molecule has 1 N–H and O–H groups in total. The van der Waals surface area contributed by atoms with Crippen LogP contribution in [0.3, 0.4) is 0 Å². The van der Waals surface area contributed by atoms with E-state index in [9.17, 15) is 14.7 Å². The minimum Gasteiger partial charge on any atom is -0.507 e. The number of aliphatic hydroxyl groups excluding tert-OH is 1. The summed E-state index contributed by atoms with van der Waals surface area (Å²) in [6, 6.07) is 24.8. The van der Waals surface area contributed by atoms with Crippen LogP contribution in [0, 0.1) is 6.92 Å². The van der Waals surface area contributed by atoms with E-state index in [1.165, 1.54) is 4.90 Å². The number of methoxy groups -OCH3 is 1. The lowest BCUT2D eigenvalue weighted by Crippen LogP contribution is -2.29. The maximum atomic E-state index is 13.3. The minimum atomic E-state index is -0.800. The number of aryl methyl sites for hydroxylation is 1. The molecule has 196 valence electrons. The van der Waals surface area contributed by atoms with Crippen molar-refractivity contribution in [3.8, 4) is 11.5 Å². The molecule has 0 saturated carbocycles. The van der Waals surface area contributed by atoms with Gasteiger partial charge in [-0.1, -0.05) is 42.0 Å². The summed E-state index contributed by atoms with van der Waals surface area (Å²) in [5, 5.41) is 11.4. The lowest BCUT2D eigenvalue weighted by Gasteiger charge is -2.25. The first kappa shape index (κ1) is 25.7. The quantitative estimate of drug-likeness (QED) is 0.185. The van der Waals surface area contributed by atoms with Crippen LogP contribution in [0.5, 0.6) is 11.5 Å². The molecule has 1 aliphatic rings. The fourth-order valence-electron chi connectivity index (χ4n) is 4.72. The number of hydrogen-bond donors (Lipinski definition) is 1. The van der Waals surface area contributed by atoms with Gasteiger partial charge in [-0.25, -0.2) is 0 Å². The largest absolute Gasteiger partial charge is 0.507 e. The number of Topliss-reactive ketones (excluding diaryl/α,β-unsaturated/α-hetero) is 1. The van der Waals surface area contributed by atoms with E-state index >= 15 is 0 Å². The molecule has 1 unspecified atom stereocenters. The van der Waals surface area contributed by atoms with Gasteiger partial charge >= 0.3 is 0 Å². The second kappa shape index (κ2) is 11.2. The second-order valence-corrected chi connectivity index (χ2v) is 9.36. The van der Waals surface area contributed by atoms with Gasteiger partial charge in [0.1, 0.15) is 23.9 Å². The fraction of sp³-hybridized carbons (Fsp3) is 0.156. The molecule has 0 radical (unpaired) electrons. The maximum Gasteiger partial charge on any atom is 0.295 e. The summed E-state index contributed by atoms with van der Waals surface area (Å²) in [6.07, 6.45) is 3.27. The molecule has 4 aromatic rings. The summed E-state index contributed by atoms with van der Waals surface area (Å²) in [5.41, 5.74) is 4.11. The predicted molar refractivity (Wildman–Crippen MR) is 147 cm³/mol. The van der Waals surface area contributed by atoms with E-state index < -0.39 is 17.7 Å². The molecule has 39 heavy (non-hydrogen) atoms. The monoisotopic (exact) mass is 520 g/mol. The van der Waals surface area contributed by atoms with E-state index in [1.54, 1.807) is 74.1 Å². The van der Waals surface area contributed by atoms with Gasteiger partial charge in [0.25, 0.3) is 11.7 Å². The molecule has 0 aliphatic carbocycles. The van der Waals surface area contributed by atoms with Crippen LogP contribution in [0.4, 0.5) is 0 Å². The highest BCUT2D eigenvalue weighted by molar-refractivity contribution is 6.46. The Bertz CT molecular complexity index is 1530. The molecule has 7 nitrogen and oxygen atoms in total. The Morgan fingerprint density at radius 1 is 0.897 bits per heavy atom. The van der Waals surface area contributed by atoms with Crippen LogP contribution >= 0.6 is 0 Å². The van der Waals surface area contributed by atoms with Crippen molar-refractivity contribution in [2.24, 2.45) is 0 Å². The van der Waals surface area contributed by atoms with E-state index in [0.717, 1.165) is 16.7 Å². The first-order chi connectivity index (χ1) is 18.9. The number of carbonyl (C=O) groups excluding carboxylic acids is 2. The SMILES string of the molecule is COc1cccc(C2/C(=C(/O)c3ccc(OCc4cccc(C)c4)cc3)C(=O)C(=O)N2Cc2ccncc2)c1. The van der Waals surface area contributed by atoms with Gasteiger partial charge in [0.2, 0.25) is 0 Å². The molecule has 0 bridgehead atoms. The highest BCUT2D eigenvalue weighted by Gasteiger charge is 2.46. The summed E-state index contributed by atoms with van der Waals surface area (Å²) in [5.74, 6) is -0.468. The zero-order valence-corrected chi connectivity index (χ0v) is 21.7. The molecule has 1 fully saturated rings. The standard InChI is InChI=1S/C32H28N2O5/c1-21-5-3-6-23(17-21)20-39-26-11-9-24(10-12-26)30(35)28-29(25-7-4-8-27(18-25)38-2)34(32(37)31(28)36)19-22-13-15-33-16-14-22/h3-18,29,35H,19-20H2,1-2H3/b30-28-. The number of nitrogens with zero attached hydrogens (tertiary/aromatic N) is 2. The van der Waals surface area contributed by atoms with Crippen LogP contribution in [-0.4, -0.2) is 33.8 Å². The number of amides is 1. The Morgan fingerprint density at radius 2 is 1.64 bits per heavy atom. The van der Waals surface area contributed by atoms with Gasteiger partial charge in [-0.15, -0.1) is 0 Å². The van der Waals surface area contributed by atoms with Gasteiger partial charge in [0.05, 0.1) is 18.7 Å². The van der Waals surface area contributed by atoms with Crippen molar-refractivity contribution in [2.45, 2.75) is 26.1 Å². The second-order valence-electron chi connectivity index (χ2n) is 9.36. The third kappa shape index (κ3) is 5.52. The third-order valence-corrected chi connectivity index (χ3v) is 6.67. The maximum absolute atomic E-state index is 13.3. The lowest BCUT2D eigenvalue weighted by molar-refractivity contribution is -0.140. The number of carbonyl (C=O) groups is 2. The Hall–Kier alpha value is -4.91. The molecule has 5 rings (SSSR count). The topological polar surface area (TPSA) is 89.0 Å². The molecule has 3 aromatic carbocycles. The molecule has 7 heteroatoms. The first-order valence-electron chi connectivity index (χ1n) is 12.5. The summed E-state index contributed by atoms with van der Waals surface area (Å²) in [6.45, 7) is 2.61. The first-order valence-corrected chi connectivity index (χ1v) is 12.5. The third-order valence-electron chi connectivity index (χ3n) is 6.67. The van der Waals surface area contributed by atoms with Crippen LogP contribution in [-0.2, 0) is 22.7 Å². The number of hydrogen-bond acceptors (Lipinski definition) is 6. The van der Waals surface area contributed by atoms with Gasteiger partial charge in [0.15, 0.2) is 0 Å². The van der Waals surface area contributed by atoms with Crippen molar-refractivity contribution in [3.05, 3.63) is 131 Å². The highest BCUT2D eigenvalue weighted by atomic mass is 16.5. The average Bonchev–Trinajstić information content (AvgIpc) is 3.21. The number of aliphatic hydroxyl groups is 1. The van der Waals surface area contributed by atoms with Crippen LogP contribution in [0.2, 0.25) is 0 Å². The molecule has 1 atom stereocenters. The van der Waals surface area contributed by atoms with Gasteiger partial charge in [-0.3, -0.25) is 14.6 Å². The van der Waals surface area contributed by atoms with E-state index in [2.05, 4.69) is 11.1 Å². The molecular weight excluding hydrogens is 492 g/mol. The Kier molecular flexibility index (Phi) is 7.41. The van der Waals surface area contributed by atoms with E-state index in [1.807, 2.05) is 31.2 Å². The van der Waals surface area contributed by atoms with Gasteiger partial charge in [-0.2, -0.15) is 0 Å². The number of likely N-dealkylation sites (tertiary alicyclic amines) is 1. The predicted octanol–water partition coefficient (Wildman–Crippen LogP) is 5.60. The number of rotatable bonds is 8. The van der Waals surface area contributed by atoms with E-state index in [0.29, 0.717) is 29.2 Å². The normalized spacial score (nSPS) is 16.4. The number of benzene rings is 3. The smallest absolute Gasteiger partial charge is 0.295 e. The summed E-state index contributed by atoms with van der Waals surface area (Å²) in [7, 11) is 1.55. The summed E-state index contributed by atoms with van der Waals surface area (Å²) < 4.78 is 11.3. The molecule has 1 aromatic heterocycles. The number of ketones is 1. The van der Waals surface area contributed by atoms with Crippen LogP contribution in [0.25, 0.3) is 5.76 Å². The van der Waals surface area contributed by atoms with E-state index in [4.69, 9.17) is 9.47 Å². The molecule has 2 heterocycles. The number of pyridine rings is 1. The average molecular weight is 521 g/mol. The van der Waals surface area contributed by atoms with Crippen molar-refractivity contribution in [3.63, 3.8) is 0 Å². The Labute approximate surface area is 227 Å². The van der Waals surface area contributed by atoms with Crippen LogP contribution in [0.1, 0.15) is 33.9 Å². The molecular formula is C32H28N2O5. The van der Waals surface area contributed by atoms with Crippen LogP contribution < -0.4 is 9.47 Å². The molecule has 1 aliphatic heterocycles. The molecule has 0 spiro atoms. The van der Waals surface area contributed by atoms with Crippen molar-refractivity contribution in [1.82, 2.24) is 9.88 Å². The van der Waals surface area contributed by atoms with Crippen molar-refractivity contribution >= 4 is 17.4 Å². The lowest BCUT2D eigenvalue weighted by atomic mass is 9.95. The Morgan fingerprint density at radius 3 is 2.36 bits per heavy atom. The Balaban J connectivity index is 1.48.